The Kier molecular flexibility index (Phi) is 4.71. The molecule has 19 heavy (non-hydrogen) atoms. The van der Waals surface area contributed by atoms with Gasteiger partial charge in [0, 0.05) is 48.0 Å². The van der Waals surface area contributed by atoms with Crippen LogP contribution in [0.2, 0.25) is 0 Å². The zero-order valence-electron chi connectivity index (χ0n) is 10.9. The van der Waals surface area contributed by atoms with Crippen LogP contribution in [-0.4, -0.2) is 24.5 Å². The minimum absolute atomic E-state index is 0.0794. The summed E-state index contributed by atoms with van der Waals surface area (Å²) in [4.78, 5) is 16.3. The van der Waals surface area contributed by atoms with Crippen molar-refractivity contribution in [3.05, 3.63) is 41.6 Å². The molecule has 5 heteroatoms. The zero-order chi connectivity index (χ0) is 13.8. The fourth-order valence-corrected chi connectivity index (χ4v) is 2.82. The molecule has 0 aliphatic carbocycles. The Morgan fingerprint density at radius 2 is 2.21 bits per heavy atom. The predicted octanol–water partition coefficient (Wildman–Crippen LogP) is 2.64. The van der Waals surface area contributed by atoms with E-state index in [1.807, 2.05) is 12.1 Å². The molecule has 0 saturated carbocycles. The Labute approximate surface area is 126 Å². The summed E-state index contributed by atoms with van der Waals surface area (Å²) in [6.07, 6.45) is 1.70. The van der Waals surface area contributed by atoms with Crippen molar-refractivity contribution in [2.75, 3.05) is 13.6 Å². The molecule has 0 radical (unpaired) electrons. The summed E-state index contributed by atoms with van der Waals surface area (Å²) in [5.74, 6) is 0.261. The molecule has 2 N–H and O–H groups in total. The molecular formula is C14H16IN3O. The van der Waals surface area contributed by atoms with E-state index in [9.17, 15) is 4.79 Å². The second-order valence-corrected chi connectivity index (χ2v) is 5.18. The Morgan fingerprint density at radius 3 is 2.89 bits per heavy atom. The SMILES string of the molecule is CNC(=O)c1ccnc2c(C(C)CNI)cccc12. The number of fused-ring (bicyclic) bond motifs is 1. The number of hydrogen-bond acceptors (Lipinski definition) is 3. The van der Waals surface area contributed by atoms with Crippen molar-refractivity contribution >= 4 is 39.7 Å². The monoisotopic (exact) mass is 369 g/mol. The lowest BCUT2D eigenvalue weighted by Crippen LogP contribution is -2.18. The third-order valence-electron chi connectivity index (χ3n) is 3.19. The maximum Gasteiger partial charge on any atom is 0.251 e. The molecular weight excluding hydrogens is 353 g/mol. The minimum Gasteiger partial charge on any atom is -0.355 e. The minimum atomic E-state index is -0.0794. The quantitative estimate of drug-likeness (QED) is 0.644. The van der Waals surface area contributed by atoms with E-state index in [-0.39, 0.29) is 5.91 Å². The number of nitrogens with one attached hydrogen (secondary N) is 2. The first kappa shape index (κ1) is 14.2. The average molecular weight is 369 g/mol. The van der Waals surface area contributed by atoms with Crippen LogP contribution < -0.4 is 8.85 Å². The molecule has 1 aromatic heterocycles. The summed E-state index contributed by atoms with van der Waals surface area (Å²) >= 11 is 2.14. The molecule has 0 bridgehead atoms. The number of halogens is 1. The van der Waals surface area contributed by atoms with Crippen LogP contribution in [0.4, 0.5) is 0 Å². The summed E-state index contributed by atoms with van der Waals surface area (Å²) in [7, 11) is 1.64. The summed E-state index contributed by atoms with van der Waals surface area (Å²) in [5.41, 5.74) is 2.74. The molecule has 1 amide bonds. The fourth-order valence-electron chi connectivity index (χ4n) is 2.15. The zero-order valence-corrected chi connectivity index (χ0v) is 13.1. The topological polar surface area (TPSA) is 54.0 Å². The Bertz CT molecular complexity index is 600. The summed E-state index contributed by atoms with van der Waals surface area (Å²) in [6, 6.07) is 7.75. The molecule has 100 valence electrons. The summed E-state index contributed by atoms with van der Waals surface area (Å²) in [5, 5.41) is 3.57. The largest absolute Gasteiger partial charge is 0.355 e. The Morgan fingerprint density at radius 1 is 1.42 bits per heavy atom. The lowest BCUT2D eigenvalue weighted by molar-refractivity contribution is 0.0964. The van der Waals surface area contributed by atoms with Crippen LogP contribution in [-0.2, 0) is 0 Å². The van der Waals surface area contributed by atoms with Crippen LogP contribution >= 0.6 is 22.9 Å². The van der Waals surface area contributed by atoms with Gasteiger partial charge in [-0.25, -0.2) is 0 Å². The molecule has 1 unspecified atom stereocenters. The van der Waals surface area contributed by atoms with E-state index in [4.69, 9.17) is 0 Å². The van der Waals surface area contributed by atoms with Crippen LogP contribution in [0.5, 0.6) is 0 Å². The van der Waals surface area contributed by atoms with Crippen molar-refractivity contribution in [2.45, 2.75) is 12.8 Å². The van der Waals surface area contributed by atoms with Gasteiger partial charge in [0.1, 0.15) is 0 Å². The third-order valence-corrected chi connectivity index (χ3v) is 3.63. The predicted molar refractivity (Wildman–Crippen MR) is 85.6 cm³/mol. The molecule has 1 aromatic carbocycles. The molecule has 0 aliphatic rings. The van der Waals surface area contributed by atoms with Gasteiger partial charge in [-0.2, -0.15) is 0 Å². The maximum atomic E-state index is 11.9. The second-order valence-electron chi connectivity index (χ2n) is 4.42. The highest BCUT2D eigenvalue weighted by atomic mass is 127. The molecule has 2 rings (SSSR count). The molecule has 0 fully saturated rings. The lowest BCUT2D eigenvalue weighted by Gasteiger charge is -2.14. The normalized spacial score (nSPS) is 12.4. The van der Waals surface area contributed by atoms with E-state index in [0.29, 0.717) is 11.5 Å². The van der Waals surface area contributed by atoms with Crippen LogP contribution in [0.15, 0.2) is 30.5 Å². The van der Waals surface area contributed by atoms with E-state index in [1.54, 1.807) is 19.3 Å². The number of amides is 1. The molecule has 4 nitrogen and oxygen atoms in total. The number of rotatable bonds is 4. The van der Waals surface area contributed by atoms with Crippen LogP contribution in [0, 0.1) is 0 Å². The number of carbonyl (C=O) groups excluding carboxylic acids is 1. The van der Waals surface area contributed by atoms with Gasteiger partial charge in [-0.05, 0) is 17.5 Å². The van der Waals surface area contributed by atoms with E-state index in [0.717, 1.165) is 23.0 Å². The standard InChI is InChI=1S/C14H16IN3O/c1-9(8-18-15)10-4-3-5-11-12(14(19)16-2)6-7-17-13(10)11/h3-7,9,18H,8H2,1-2H3,(H,16,19). The first-order valence-corrected chi connectivity index (χ1v) is 7.20. The first-order valence-electron chi connectivity index (χ1n) is 6.12. The number of pyridine rings is 1. The van der Waals surface area contributed by atoms with Crippen molar-refractivity contribution < 1.29 is 4.79 Å². The van der Waals surface area contributed by atoms with Gasteiger partial charge < -0.3 is 5.32 Å². The van der Waals surface area contributed by atoms with E-state index in [2.05, 4.69) is 49.7 Å². The van der Waals surface area contributed by atoms with E-state index < -0.39 is 0 Å². The van der Waals surface area contributed by atoms with Gasteiger partial charge in [0.2, 0.25) is 0 Å². The van der Waals surface area contributed by atoms with Gasteiger partial charge in [0.05, 0.1) is 11.1 Å². The smallest absolute Gasteiger partial charge is 0.251 e. The first-order chi connectivity index (χ1) is 9.19. The van der Waals surface area contributed by atoms with Crippen LogP contribution in [0.25, 0.3) is 10.9 Å². The molecule has 1 heterocycles. The Hall–Kier alpha value is -1.21. The summed E-state index contributed by atoms with van der Waals surface area (Å²) in [6.45, 7) is 3.01. The van der Waals surface area contributed by atoms with Gasteiger partial charge in [0.25, 0.3) is 5.91 Å². The van der Waals surface area contributed by atoms with Crippen LogP contribution in [0.1, 0.15) is 28.8 Å². The highest BCUT2D eigenvalue weighted by molar-refractivity contribution is 14.1. The number of carbonyl (C=O) groups is 1. The van der Waals surface area contributed by atoms with Crippen molar-refractivity contribution in [1.82, 2.24) is 13.8 Å². The highest BCUT2D eigenvalue weighted by Crippen LogP contribution is 2.25. The van der Waals surface area contributed by atoms with Crippen molar-refractivity contribution in [3.63, 3.8) is 0 Å². The lowest BCUT2D eigenvalue weighted by atomic mass is 9.96. The van der Waals surface area contributed by atoms with Crippen LogP contribution in [0.3, 0.4) is 0 Å². The number of para-hydroxylation sites is 1. The van der Waals surface area contributed by atoms with E-state index >= 15 is 0 Å². The number of aromatic nitrogens is 1. The molecule has 0 spiro atoms. The highest BCUT2D eigenvalue weighted by Gasteiger charge is 2.14. The van der Waals surface area contributed by atoms with Crippen molar-refractivity contribution in [3.8, 4) is 0 Å². The number of nitrogens with zero attached hydrogens (tertiary/aromatic N) is 1. The third kappa shape index (κ3) is 2.87. The second kappa shape index (κ2) is 6.29. The van der Waals surface area contributed by atoms with Gasteiger partial charge in [-0.15, -0.1) is 0 Å². The maximum absolute atomic E-state index is 11.9. The number of hydrogen-bond donors (Lipinski definition) is 2. The van der Waals surface area contributed by atoms with Crippen molar-refractivity contribution in [2.24, 2.45) is 0 Å². The van der Waals surface area contributed by atoms with Gasteiger partial charge in [0.15, 0.2) is 0 Å². The van der Waals surface area contributed by atoms with E-state index in [1.165, 1.54) is 0 Å². The molecule has 0 saturated heterocycles. The Balaban J connectivity index is 2.60. The van der Waals surface area contributed by atoms with Gasteiger partial charge >= 0.3 is 0 Å². The fraction of sp³-hybridized carbons (Fsp3) is 0.286. The number of benzene rings is 1. The van der Waals surface area contributed by atoms with Gasteiger partial charge in [-0.1, -0.05) is 25.1 Å². The van der Waals surface area contributed by atoms with Gasteiger partial charge in [-0.3, -0.25) is 13.3 Å². The molecule has 0 aliphatic heterocycles. The molecule has 1 atom stereocenters. The average Bonchev–Trinajstić information content (AvgIpc) is 2.45. The summed E-state index contributed by atoms with van der Waals surface area (Å²) < 4.78 is 3.14. The molecule has 2 aromatic rings. The van der Waals surface area contributed by atoms with Crippen molar-refractivity contribution in [1.29, 1.82) is 0 Å².